The fraction of sp³-hybridized carbons (Fsp3) is 0.500. The van der Waals surface area contributed by atoms with Gasteiger partial charge in [0, 0.05) is 30.5 Å². The highest BCUT2D eigenvalue weighted by molar-refractivity contribution is 6.18. The summed E-state index contributed by atoms with van der Waals surface area (Å²) in [5, 5.41) is 6.65. The highest BCUT2D eigenvalue weighted by atomic mass is 35.5. The lowest BCUT2D eigenvalue weighted by molar-refractivity contribution is -0.144. The third kappa shape index (κ3) is 4.32. The standard InChI is InChI=1S/C14H20Cl2N4O2/c15-5-7-20(8-6-16)10-1-2-11-12(9-10)19-13(18-11)3-4-14(21)22-17/h1-2,9,13,18-19H,3-8,17H2. The molecule has 1 aliphatic rings. The van der Waals surface area contributed by atoms with E-state index in [9.17, 15) is 4.79 Å². The number of hydrogen-bond acceptors (Lipinski definition) is 6. The largest absolute Gasteiger partial charge is 0.373 e. The van der Waals surface area contributed by atoms with Gasteiger partial charge in [0.1, 0.15) is 0 Å². The van der Waals surface area contributed by atoms with Gasteiger partial charge in [-0.2, -0.15) is 5.90 Å². The van der Waals surface area contributed by atoms with Crippen LogP contribution in [-0.4, -0.2) is 37.0 Å². The number of benzene rings is 1. The SMILES string of the molecule is NOC(=O)CCC1Nc2ccc(N(CCCl)CCCl)cc2N1. The quantitative estimate of drug-likeness (QED) is 0.495. The van der Waals surface area contributed by atoms with Crippen LogP contribution in [-0.2, 0) is 9.63 Å². The molecule has 4 N–H and O–H groups in total. The highest BCUT2D eigenvalue weighted by Gasteiger charge is 2.21. The number of halogens is 2. The van der Waals surface area contributed by atoms with E-state index in [0.717, 1.165) is 30.2 Å². The summed E-state index contributed by atoms with van der Waals surface area (Å²) < 4.78 is 0. The first kappa shape index (κ1) is 17.0. The summed E-state index contributed by atoms with van der Waals surface area (Å²) in [5.41, 5.74) is 3.07. The number of nitrogens with one attached hydrogen (secondary N) is 2. The van der Waals surface area contributed by atoms with Gasteiger partial charge in [0.25, 0.3) is 0 Å². The molecule has 1 aromatic rings. The minimum Gasteiger partial charge on any atom is -0.373 e. The van der Waals surface area contributed by atoms with Crippen LogP contribution in [0.15, 0.2) is 18.2 Å². The lowest BCUT2D eigenvalue weighted by Gasteiger charge is -2.23. The highest BCUT2D eigenvalue weighted by Crippen LogP contribution is 2.34. The van der Waals surface area contributed by atoms with E-state index in [2.05, 4.69) is 26.4 Å². The van der Waals surface area contributed by atoms with Gasteiger partial charge < -0.3 is 20.4 Å². The van der Waals surface area contributed by atoms with Gasteiger partial charge in [0.15, 0.2) is 0 Å². The molecule has 1 atom stereocenters. The van der Waals surface area contributed by atoms with Crippen LogP contribution >= 0.6 is 23.2 Å². The van der Waals surface area contributed by atoms with Crippen molar-refractivity contribution in [2.24, 2.45) is 5.90 Å². The molecular weight excluding hydrogens is 327 g/mol. The zero-order valence-electron chi connectivity index (χ0n) is 12.1. The van der Waals surface area contributed by atoms with E-state index in [-0.39, 0.29) is 12.6 Å². The number of anilines is 3. The van der Waals surface area contributed by atoms with E-state index in [1.165, 1.54) is 0 Å². The zero-order chi connectivity index (χ0) is 15.9. The van der Waals surface area contributed by atoms with Gasteiger partial charge in [-0.3, -0.25) is 4.79 Å². The van der Waals surface area contributed by atoms with Crippen molar-refractivity contribution in [2.75, 3.05) is 40.4 Å². The van der Waals surface area contributed by atoms with Crippen molar-refractivity contribution in [3.8, 4) is 0 Å². The van der Waals surface area contributed by atoms with E-state index in [1.54, 1.807) is 0 Å². The number of alkyl halides is 2. The van der Waals surface area contributed by atoms with Crippen molar-refractivity contribution in [3.05, 3.63) is 18.2 Å². The molecule has 0 amide bonds. The molecule has 1 aliphatic heterocycles. The van der Waals surface area contributed by atoms with E-state index in [0.29, 0.717) is 18.2 Å². The number of rotatable bonds is 8. The number of fused-ring (bicyclic) bond motifs is 1. The molecule has 0 fully saturated rings. The number of nitrogens with two attached hydrogens (primary N) is 1. The second kappa shape index (κ2) is 8.31. The summed E-state index contributed by atoms with van der Waals surface area (Å²) in [6, 6.07) is 6.10. The Morgan fingerprint density at radius 1 is 1.23 bits per heavy atom. The van der Waals surface area contributed by atoms with Crippen LogP contribution in [0.4, 0.5) is 17.1 Å². The van der Waals surface area contributed by atoms with Gasteiger partial charge in [0.05, 0.1) is 24.0 Å². The molecule has 122 valence electrons. The molecule has 0 aromatic heterocycles. The molecule has 1 heterocycles. The molecule has 22 heavy (non-hydrogen) atoms. The monoisotopic (exact) mass is 346 g/mol. The molecule has 1 aromatic carbocycles. The zero-order valence-corrected chi connectivity index (χ0v) is 13.7. The smallest absolute Gasteiger partial charge is 0.324 e. The van der Waals surface area contributed by atoms with E-state index >= 15 is 0 Å². The topological polar surface area (TPSA) is 79.6 Å². The predicted molar refractivity (Wildman–Crippen MR) is 90.6 cm³/mol. The molecule has 0 aliphatic carbocycles. The van der Waals surface area contributed by atoms with Crippen LogP contribution < -0.4 is 21.4 Å². The molecule has 1 unspecified atom stereocenters. The maximum Gasteiger partial charge on any atom is 0.324 e. The van der Waals surface area contributed by atoms with Crippen LogP contribution in [0.3, 0.4) is 0 Å². The van der Waals surface area contributed by atoms with Gasteiger partial charge in [-0.1, -0.05) is 0 Å². The number of carbonyl (C=O) groups is 1. The minimum absolute atomic E-state index is 0.0150. The Balaban J connectivity index is 2.00. The van der Waals surface area contributed by atoms with Gasteiger partial charge in [0.2, 0.25) is 0 Å². The van der Waals surface area contributed by atoms with Gasteiger partial charge in [-0.05, 0) is 24.6 Å². The maximum absolute atomic E-state index is 11.1. The van der Waals surface area contributed by atoms with Crippen LogP contribution in [0.2, 0.25) is 0 Å². The second-order valence-electron chi connectivity index (χ2n) is 4.96. The van der Waals surface area contributed by atoms with Gasteiger partial charge in [-0.25, -0.2) is 0 Å². The summed E-state index contributed by atoms with van der Waals surface area (Å²) in [7, 11) is 0. The van der Waals surface area contributed by atoms with E-state index in [1.807, 2.05) is 12.1 Å². The van der Waals surface area contributed by atoms with Crippen molar-refractivity contribution in [3.63, 3.8) is 0 Å². The van der Waals surface area contributed by atoms with Gasteiger partial charge in [-0.15, -0.1) is 23.2 Å². The van der Waals surface area contributed by atoms with Crippen molar-refractivity contribution < 1.29 is 9.63 Å². The fourth-order valence-corrected chi connectivity index (χ4v) is 2.83. The number of hydrogen-bond donors (Lipinski definition) is 3. The third-order valence-corrected chi connectivity index (χ3v) is 3.84. The molecule has 0 saturated heterocycles. The Morgan fingerprint density at radius 2 is 1.91 bits per heavy atom. The molecule has 8 heteroatoms. The second-order valence-corrected chi connectivity index (χ2v) is 5.72. The average Bonchev–Trinajstić information content (AvgIpc) is 2.94. The summed E-state index contributed by atoms with van der Waals surface area (Å²) in [5.74, 6) is 5.50. The van der Waals surface area contributed by atoms with Crippen LogP contribution in [0.5, 0.6) is 0 Å². The fourth-order valence-electron chi connectivity index (χ4n) is 2.43. The Kier molecular flexibility index (Phi) is 6.42. The Bertz CT molecular complexity index is 510. The van der Waals surface area contributed by atoms with Crippen LogP contribution in [0, 0.1) is 0 Å². The Morgan fingerprint density at radius 3 is 2.55 bits per heavy atom. The third-order valence-electron chi connectivity index (χ3n) is 3.51. The Labute approximate surface area is 139 Å². The first-order valence-electron chi connectivity index (χ1n) is 7.11. The van der Waals surface area contributed by atoms with Crippen molar-refractivity contribution >= 4 is 46.2 Å². The summed E-state index contributed by atoms with van der Waals surface area (Å²) in [6.07, 6.45) is 0.832. The number of nitrogens with zero attached hydrogens (tertiary/aromatic N) is 1. The first-order valence-corrected chi connectivity index (χ1v) is 8.18. The summed E-state index contributed by atoms with van der Waals surface area (Å²) in [6.45, 7) is 1.48. The molecule has 0 radical (unpaired) electrons. The molecule has 0 bridgehead atoms. The first-order chi connectivity index (χ1) is 10.7. The Hall–Kier alpha value is -1.37. The summed E-state index contributed by atoms with van der Waals surface area (Å²) in [4.78, 5) is 17.4. The summed E-state index contributed by atoms with van der Waals surface area (Å²) >= 11 is 11.7. The molecule has 6 nitrogen and oxygen atoms in total. The maximum atomic E-state index is 11.1. The van der Waals surface area contributed by atoms with Crippen LogP contribution in [0.1, 0.15) is 12.8 Å². The molecule has 0 saturated carbocycles. The normalized spacial score (nSPS) is 15.7. The number of carbonyl (C=O) groups excluding carboxylic acids is 1. The van der Waals surface area contributed by atoms with Crippen molar-refractivity contribution in [2.45, 2.75) is 19.0 Å². The molecule has 2 rings (SSSR count). The minimum atomic E-state index is -0.421. The lowest BCUT2D eigenvalue weighted by Crippen LogP contribution is -2.27. The van der Waals surface area contributed by atoms with Gasteiger partial charge >= 0.3 is 5.97 Å². The lowest BCUT2D eigenvalue weighted by atomic mass is 10.2. The molecule has 0 spiro atoms. The van der Waals surface area contributed by atoms with Crippen LogP contribution in [0.25, 0.3) is 0 Å². The predicted octanol–water partition coefficient (Wildman–Crippen LogP) is 2.33. The molecular formula is C14H20Cl2N4O2. The van der Waals surface area contributed by atoms with Crippen molar-refractivity contribution in [1.29, 1.82) is 0 Å². The average molecular weight is 347 g/mol. The van der Waals surface area contributed by atoms with E-state index in [4.69, 9.17) is 29.1 Å². The van der Waals surface area contributed by atoms with Crippen molar-refractivity contribution in [1.82, 2.24) is 0 Å². The van der Waals surface area contributed by atoms with E-state index < -0.39 is 5.97 Å².